The summed E-state index contributed by atoms with van der Waals surface area (Å²) >= 11 is 0. The molecule has 0 aliphatic heterocycles. The smallest absolute Gasteiger partial charge is 0.0900 e. The summed E-state index contributed by atoms with van der Waals surface area (Å²) in [6.07, 6.45) is 5.40. The van der Waals surface area contributed by atoms with Gasteiger partial charge >= 0.3 is 0 Å². The van der Waals surface area contributed by atoms with Crippen LogP contribution in [0.4, 0.5) is 0 Å². The lowest BCUT2D eigenvalue weighted by molar-refractivity contribution is 1.22. The summed E-state index contributed by atoms with van der Waals surface area (Å²) in [6.45, 7) is 2.11. The molecule has 0 bridgehead atoms. The van der Waals surface area contributed by atoms with Crippen LogP contribution in [0, 0.1) is 6.92 Å². The molecule has 5 nitrogen and oxygen atoms in total. The van der Waals surface area contributed by atoms with E-state index in [-0.39, 0.29) is 0 Å². The SMILES string of the molecule is Cc1cccc(-c2cc(-c3ccc(-c4ccc(-c5cc(-c6ccccn6)nc(-c6ccccn6)c5)cc4)cc3)cc(-c3ccccn3)n2)c1. The van der Waals surface area contributed by atoms with E-state index in [1.807, 2.05) is 60.8 Å². The lowest BCUT2D eigenvalue weighted by Gasteiger charge is -2.12. The van der Waals surface area contributed by atoms with Crippen molar-refractivity contribution >= 4 is 0 Å². The Kier molecular flexibility index (Phi) is 8.06. The zero-order chi connectivity index (χ0) is 33.0. The van der Waals surface area contributed by atoms with Gasteiger partial charge in [0.05, 0.1) is 39.9 Å². The van der Waals surface area contributed by atoms with E-state index in [2.05, 4.69) is 119 Å². The number of benzene rings is 3. The summed E-state index contributed by atoms with van der Waals surface area (Å²) in [5.41, 5.74) is 14.8. The molecular weight excluding hydrogens is 599 g/mol. The molecule has 8 aromatic rings. The summed E-state index contributed by atoms with van der Waals surface area (Å²) < 4.78 is 0. The number of hydrogen-bond acceptors (Lipinski definition) is 5. The van der Waals surface area contributed by atoms with Crippen molar-refractivity contribution in [2.24, 2.45) is 0 Å². The number of hydrogen-bond donors (Lipinski definition) is 0. The zero-order valence-corrected chi connectivity index (χ0v) is 26.9. The molecule has 49 heavy (non-hydrogen) atoms. The Bertz CT molecular complexity index is 2300. The Balaban J connectivity index is 1.11. The highest BCUT2D eigenvalue weighted by Gasteiger charge is 2.12. The topological polar surface area (TPSA) is 64.5 Å². The maximum atomic E-state index is 5.01. The Morgan fingerprint density at radius 1 is 0.286 bits per heavy atom. The van der Waals surface area contributed by atoms with Crippen molar-refractivity contribution in [2.75, 3.05) is 0 Å². The molecule has 8 rings (SSSR count). The quantitative estimate of drug-likeness (QED) is 0.175. The van der Waals surface area contributed by atoms with Crippen LogP contribution in [0.15, 0.2) is 170 Å². The monoisotopic (exact) mass is 629 g/mol. The highest BCUT2D eigenvalue weighted by molar-refractivity contribution is 5.79. The first-order valence-electron chi connectivity index (χ1n) is 16.2. The largest absolute Gasteiger partial charge is 0.255 e. The first kappa shape index (κ1) is 29.8. The van der Waals surface area contributed by atoms with Gasteiger partial charge in [0.1, 0.15) is 0 Å². The predicted octanol–water partition coefficient (Wildman–Crippen LogP) is 10.6. The molecule has 0 saturated heterocycles. The van der Waals surface area contributed by atoms with Crippen molar-refractivity contribution in [3.8, 4) is 78.8 Å². The predicted molar refractivity (Wildman–Crippen MR) is 198 cm³/mol. The molecule has 0 N–H and O–H groups in total. The van der Waals surface area contributed by atoms with Crippen molar-refractivity contribution in [3.05, 3.63) is 176 Å². The molecule has 3 aromatic carbocycles. The van der Waals surface area contributed by atoms with Crippen LogP contribution in [0.1, 0.15) is 5.56 Å². The second-order valence-corrected chi connectivity index (χ2v) is 11.9. The summed E-state index contributed by atoms with van der Waals surface area (Å²) in [6, 6.07) is 52.0. The van der Waals surface area contributed by atoms with Gasteiger partial charge in [0.2, 0.25) is 0 Å². The fraction of sp³-hybridized carbons (Fsp3) is 0.0227. The number of pyridine rings is 5. The number of rotatable bonds is 7. The van der Waals surface area contributed by atoms with Crippen molar-refractivity contribution in [1.82, 2.24) is 24.9 Å². The first-order valence-corrected chi connectivity index (χ1v) is 16.2. The molecule has 0 fully saturated rings. The third-order valence-electron chi connectivity index (χ3n) is 8.52. The number of aryl methyl sites for hydroxylation is 1. The van der Waals surface area contributed by atoms with Crippen LogP contribution in [0.5, 0.6) is 0 Å². The van der Waals surface area contributed by atoms with E-state index < -0.39 is 0 Å². The van der Waals surface area contributed by atoms with Crippen LogP contribution < -0.4 is 0 Å². The number of nitrogens with zero attached hydrogens (tertiary/aromatic N) is 5. The van der Waals surface area contributed by atoms with Gasteiger partial charge in [-0.25, -0.2) is 9.97 Å². The Morgan fingerprint density at radius 2 is 0.673 bits per heavy atom. The normalized spacial score (nSPS) is 11.0. The fourth-order valence-corrected chi connectivity index (χ4v) is 5.99. The van der Waals surface area contributed by atoms with E-state index in [0.29, 0.717) is 0 Å². The van der Waals surface area contributed by atoms with Gasteiger partial charge in [0.15, 0.2) is 0 Å². The van der Waals surface area contributed by atoms with Crippen LogP contribution in [-0.4, -0.2) is 24.9 Å². The van der Waals surface area contributed by atoms with Gasteiger partial charge in [-0.3, -0.25) is 15.0 Å². The van der Waals surface area contributed by atoms with E-state index in [1.54, 1.807) is 12.4 Å². The summed E-state index contributed by atoms with van der Waals surface area (Å²) in [4.78, 5) is 23.6. The third-order valence-corrected chi connectivity index (χ3v) is 8.52. The fourth-order valence-electron chi connectivity index (χ4n) is 5.99. The van der Waals surface area contributed by atoms with Gasteiger partial charge in [-0.05, 0) is 107 Å². The molecule has 0 atom stereocenters. The van der Waals surface area contributed by atoms with E-state index in [9.17, 15) is 0 Å². The van der Waals surface area contributed by atoms with Gasteiger partial charge in [0, 0.05) is 24.2 Å². The minimum atomic E-state index is 0.811. The molecule has 0 saturated carbocycles. The molecule has 0 amide bonds. The van der Waals surface area contributed by atoms with Crippen molar-refractivity contribution in [1.29, 1.82) is 0 Å². The average molecular weight is 630 g/mol. The van der Waals surface area contributed by atoms with Crippen LogP contribution >= 0.6 is 0 Å². The summed E-state index contributed by atoms with van der Waals surface area (Å²) in [5.74, 6) is 0. The van der Waals surface area contributed by atoms with Crippen LogP contribution in [0.25, 0.3) is 78.8 Å². The van der Waals surface area contributed by atoms with E-state index in [1.165, 1.54) is 5.56 Å². The van der Waals surface area contributed by atoms with Crippen molar-refractivity contribution in [2.45, 2.75) is 6.92 Å². The van der Waals surface area contributed by atoms with Gasteiger partial charge in [0.25, 0.3) is 0 Å². The number of aromatic nitrogens is 5. The van der Waals surface area contributed by atoms with E-state index in [0.717, 1.165) is 78.8 Å². The van der Waals surface area contributed by atoms with Gasteiger partial charge in [-0.15, -0.1) is 0 Å². The highest BCUT2D eigenvalue weighted by atomic mass is 14.8. The molecule has 232 valence electrons. The van der Waals surface area contributed by atoms with Crippen LogP contribution in [-0.2, 0) is 0 Å². The molecule has 5 heteroatoms. The van der Waals surface area contributed by atoms with Crippen LogP contribution in [0.2, 0.25) is 0 Å². The standard InChI is InChI=1S/C44H31N5/c1-30-9-8-10-35(25-30)41-26-36(27-42(48-41)38-11-2-5-22-45-38)33-18-14-31(15-19-33)32-16-20-34(21-17-32)37-28-43(39-12-3-6-23-46-39)49-44(29-37)40-13-4-7-24-47-40/h2-29H,1H3. The molecule has 0 radical (unpaired) electrons. The Morgan fingerprint density at radius 3 is 1.06 bits per heavy atom. The van der Waals surface area contributed by atoms with Crippen molar-refractivity contribution < 1.29 is 0 Å². The Hall–Kier alpha value is -6.59. The van der Waals surface area contributed by atoms with Crippen molar-refractivity contribution in [3.63, 3.8) is 0 Å². The molecule has 5 aromatic heterocycles. The molecule has 0 spiro atoms. The first-order chi connectivity index (χ1) is 24.2. The van der Waals surface area contributed by atoms with Crippen LogP contribution in [0.3, 0.4) is 0 Å². The molecule has 0 aliphatic rings. The van der Waals surface area contributed by atoms with Gasteiger partial charge < -0.3 is 0 Å². The average Bonchev–Trinajstić information content (AvgIpc) is 3.19. The molecule has 0 unspecified atom stereocenters. The second-order valence-electron chi connectivity index (χ2n) is 11.9. The highest BCUT2D eigenvalue weighted by Crippen LogP contribution is 2.33. The molecule has 5 heterocycles. The third kappa shape index (κ3) is 6.51. The minimum Gasteiger partial charge on any atom is -0.255 e. The zero-order valence-electron chi connectivity index (χ0n) is 26.9. The lowest BCUT2D eigenvalue weighted by atomic mass is 9.96. The molecule has 0 aliphatic carbocycles. The lowest BCUT2D eigenvalue weighted by Crippen LogP contribution is -1.94. The second kappa shape index (κ2) is 13.3. The maximum absolute atomic E-state index is 5.01. The Labute approximate surface area is 285 Å². The molecular formula is C44H31N5. The minimum absolute atomic E-state index is 0.811. The maximum Gasteiger partial charge on any atom is 0.0900 e. The van der Waals surface area contributed by atoms with E-state index in [4.69, 9.17) is 9.97 Å². The summed E-state index contributed by atoms with van der Waals surface area (Å²) in [7, 11) is 0. The summed E-state index contributed by atoms with van der Waals surface area (Å²) in [5, 5.41) is 0. The van der Waals surface area contributed by atoms with Gasteiger partial charge in [-0.2, -0.15) is 0 Å². The van der Waals surface area contributed by atoms with Gasteiger partial charge in [-0.1, -0.05) is 90.5 Å². The van der Waals surface area contributed by atoms with E-state index >= 15 is 0 Å².